The van der Waals surface area contributed by atoms with Crippen molar-refractivity contribution < 1.29 is 9.53 Å². The fourth-order valence-electron chi connectivity index (χ4n) is 4.61. The number of ether oxygens (including phenoxy) is 1. The Labute approximate surface area is 198 Å². The van der Waals surface area contributed by atoms with E-state index in [1.165, 1.54) is 36.1 Å². The molecule has 1 heterocycles. The lowest BCUT2D eigenvalue weighted by Gasteiger charge is -2.33. The highest BCUT2D eigenvalue weighted by molar-refractivity contribution is 5.79. The van der Waals surface area contributed by atoms with Crippen molar-refractivity contribution in [3.8, 4) is 11.8 Å². The van der Waals surface area contributed by atoms with E-state index in [1.54, 1.807) is 0 Å². The molecule has 0 saturated carbocycles. The quantitative estimate of drug-likeness (QED) is 0.511. The first-order valence-electron chi connectivity index (χ1n) is 12.3. The van der Waals surface area contributed by atoms with Crippen molar-refractivity contribution in [2.45, 2.75) is 71.8 Å². The molecule has 1 unspecified atom stereocenters. The average Bonchev–Trinajstić information content (AvgIpc) is 2.81. The van der Waals surface area contributed by atoms with Crippen LogP contribution in [0.2, 0.25) is 0 Å². The van der Waals surface area contributed by atoms with Gasteiger partial charge in [0.15, 0.2) is 0 Å². The fraction of sp³-hybridized carbons (Fsp3) is 0.500. The molecule has 1 atom stereocenters. The average molecular weight is 448 g/mol. The number of hydrogen-bond donors (Lipinski definition) is 1. The number of rotatable bonds is 10. The smallest absolute Gasteiger partial charge is 0.224 e. The molecule has 3 rings (SSSR count). The van der Waals surface area contributed by atoms with Crippen molar-refractivity contribution in [2.75, 3.05) is 24.6 Å². The number of amides is 1. The molecule has 1 N–H and O–H groups in total. The number of nitrogens with one attached hydrogen (secondary N) is 1. The van der Waals surface area contributed by atoms with Gasteiger partial charge < -0.3 is 15.0 Å². The number of hydrogen-bond acceptors (Lipinski definition) is 4. The summed E-state index contributed by atoms with van der Waals surface area (Å²) in [5, 5.41) is 12.4. The van der Waals surface area contributed by atoms with Crippen LogP contribution in [0.4, 0.5) is 5.69 Å². The zero-order valence-electron chi connectivity index (χ0n) is 20.3. The molecular formula is C28H37N3O2. The van der Waals surface area contributed by atoms with Crippen LogP contribution in [0.15, 0.2) is 36.4 Å². The maximum absolute atomic E-state index is 13.1. The molecule has 1 saturated heterocycles. The molecule has 1 aliphatic heterocycles. The van der Waals surface area contributed by atoms with Crippen LogP contribution in [0.1, 0.15) is 74.2 Å². The van der Waals surface area contributed by atoms with E-state index in [4.69, 9.17) is 10.00 Å². The summed E-state index contributed by atoms with van der Waals surface area (Å²) < 4.78 is 5.71. The van der Waals surface area contributed by atoms with Gasteiger partial charge in [0.2, 0.25) is 5.91 Å². The van der Waals surface area contributed by atoms with Gasteiger partial charge in [-0.1, -0.05) is 37.6 Å². The van der Waals surface area contributed by atoms with E-state index in [1.807, 2.05) is 25.1 Å². The molecule has 33 heavy (non-hydrogen) atoms. The predicted octanol–water partition coefficient (Wildman–Crippen LogP) is 5.65. The number of anilines is 1. The molecule has 0 radical (unpaired) electrons. The van der Waals surface area contributed by atoms with Gasteiger partial charge in [0, 0.05) is 24.3 Å². The minimum absolute atomic E-state index is 0.00843. The van der Waals surface area contributed by atoms with E-state index in [-0.39, 0.29) is 18.4 Å². The minimum atomic E-state index is -0.00995. The summed E-state index contributed by atoms with van der Waals surface area (Å²) in [5.41, 5.74) is 5.50. The second-order valence-corrected chi connectivity index (χ2v) is 8.91. The maximum Gasteiger partial charge on any atom is 0.224 e. The molecule has 1 aliphatic rings. The van der Waals surface area contributed by atoms with Gasteiger partial charge in [0.1, 0.15) is 5.75 Å². The molecule has 5 heteroatoms. The summed E-state index contributed by atoms with van der Waals surface area (Å²) in [7, 11) is 0. The number of benzene rings is 2. The Bertz CT molecular complexity index is 974. The van der Waals surface area contributed by atoms with E-state index in [9.17, 15) is 4.79 Å². The number of carbonyl (C=O) groups excluding carboxylic acids is 1. The van der Waals surface area contributed by atoms with Crippen LogP contribution in [0.3, 0.4) is 0 Å². The summed E-state index contributed by atoms with van der Waals surface area (Å²) in [6, 6.07) is 14.5. The highest BCUT2D eigenvalue weighted by atomic mass is 16.5. The van der Waals surface area contributed by atoms with E-state index in [0.29, 0.717) is 18.8 Å². The van der Waals surface area contributed by atoms with E-state index < -0.39 is 0 Å². The summed E-state index contributed by atoms with van der Waals surface area (Å²) in [5.74, 6) is 0.703. The van der Waals surface area contributed by atoms with Crippen LogP contribution in [0.25, 0.3) is 0 Å². The van der Waals surface area contributed by atoms with E-state index in [0.717, 1.165) is 37.1 Å². The molecule has 0 bridgehead atoms. The first-order valence-corrected chi connectivity index (χ1v) is 12.3. The second-order valence-electron chi connectivity index (χ2n) is 8.91. The molecule has 1 fully saturated rings. The highest BCUT2D eigenvalue weighted by Gasteiger charge is 2.22. The van der Waals surface area contributed by atoms with Gasteiger partial charge in [-0.05, 0) is 68.4 Å². The SMILES string of the molecule is CCCC(NC(=O)Cc1ccc(CC#N)c(OCC)c1)c1ccc(C)cc1N1CCCCC1. The second kappa shape index (κ2) is 12.3. The predicted molar refractivity (Wildman–Crippen MR) is 134 cm³/mol. The largest absolute Gasteiger partial charge is 0.494 e. The third-order valence-electron chi connectivity index (χ3n) is 6.24. The van der Waals surface area contributed by atoms with Crippen LogP contribution >= 0.6 is 0 Å². The summed E-state index contributed by atoms with van der Waals surface area (Å²) in [6.45, 7) is 8.91. The van der Waals surface area contributed by atoms with Crippen molar-refractivity contribution in [1.82, 2.24) is 5.32 Å². The molecule has 5 nitrogen and oxygen atoms in total. The molecule has 2 aromatic rings. The van der Waals surface area contributed by atoms with Crippen LogP contribution < -0.4 is 15.0 Å². The van der Waals surface area contributed by atoms with Gasteiger partial charge in [-0.25, -0.2) is 0 Å². The van der Waals surface area contributed by atoms with Crippen LogP contribution in [0.5, 0.6) is 5.75 Å². The number of nitriles is 1. The maximum atomic E-state index is 13.1. The number of aryl methyl sites for hydroxylation is 1. The number of nitrogens with zero attached hydrogens (tertiary/aromatic N) is 2. The Morgan fingerprint density at radius 1 is 1.15 bits per heavy atom. The number of piperidine rings is 1. The van der Waals surface area contributed by atoms with Crippen molar-refractivity contribution in [3.63, 3.8) is 0 Å². The van der Waals surface area contributed by atoms with Gasteiger partial charge in [0.05, 0.1) is 31.6 Å². The lowest BCUT2D eigenvalue weighted by atomic mass is 9.96. The monoisotopic (exact) mass is 447 g/mol. The molecule has 1 amide bonds. The molecule has 0 aromatic heterocycles. The van der Waals surface area contributed by atoms with Crippen molar-refractivity contribution in [3.05, 3.63) is 58.7 Å². The Hall–Kier alpha value is -3.00. The zero-order chi connectivity index (χ0) is 23.6. The Kier molecular flexibility index (Phi) is 9.18. The van der Waals surface area contributed by atoms with Crippen LogP contribution in [-0.4, -0.2) is 25.6 Å². The molecule has 176 valence electrons. The lowest BCUT2D eigenvalue weighted by molar-refractivity contribution is -0.121. The van der Waals surface area contributed by atoms with E-state index in [2.05, 4.69) is 48.3 Å². The standard InChI is InChI=1S/C28H37N3O2/c1-4-9-25(24-13-10-21(3)18-26(24)31-16-7-6-8-17-31)30-28(32)20-22-11-12-23(14-15-29)27(19-22)33-5-2/h10-13,18-19,25H,4-9,14,16-17,20H2,1-3H3,(H,30,32). The van der Waals surface area contributed by atoms with Crippen molar-refractivity contribution >= 4 is 11.6 Å². The number of carbonyl (C=O) groups is 1. The van der Waals surface area contributed by atoms with Crippen LogP contribution in [0, 0.1) is 18.3 Å². The van der Waals surface area contributed by atoms with Gasteiger partial charge >= 0.3 is 0 Å². The first kappa shape index (κ1) is 24.6. The third kappa shape index (κ3) is 6.74. The molecule has 0 aliphatic carbocycles. The van der Waals surface area contributed by atoms with E-state index >= 15 is 0 Å². The fourth-order valence-corrected chi connectivity index (χ4v) is 4.61. The van der Waals surface area contributed by atoms with Crippen molar-refractivity contribution in [1.29, 1.82) is 5.26 Å². The van der Waals surface area contributed by atoms with Gasteiger partial charge in [-0.15, -0.1) is 0 Å². The minimum Gasteiger partial charge on any atom is -0.494 e. The van der Waals surface area contributed by atoms with Gasteiger partial charge in [-0.2, -0.15) is 5.26 Å². The van der Waals surface area contributed by atoms with Gasteiger partial charge in [0.25, 0.3) is 0 Å². The summed E-state index contributed by atoms with van der Waals surface area (Å²) in [6.07, 6.45) is 6.23. The normalized spacial score (nSPS) is 14.4. The Morgan fingerprint density at radius 2 is 1.94 bits per heavy atom. The lowest BCUT2D eigenvalue weighted by Crippen LogP contribution is -2.34. The molecule has 2 aromatic carbocycles. The topological polar surface area (TPSA) is 65.4 Å². The molecule has 0 spiro atoms. The van der Waals surface area contributed by atoms with Crippen LogP contribution in [-0.2, 0) is 17.6 Å². The summed E-state index contributed by atoms with van der Waals surface area (Å²) >= 11 is 0. The zero-order valence-corrected chi connectivity index (χ0v) is 20.3. The third-order valence-corrected chi connectivity index (χ3v) is 6.24. The van der Waals surface area contributed by atoms with Crippen molar-refractivity contribution in [2.24, 2.45) is 0 Å². The first-order chi connectivity index (χ1) is 16.0. The van der Waals surface area contributed by atoms with Gasteiger partial charge in [-0.3, -0.25) is 4.79 Å². The Balaban J connectivity index is 1.78. The Morgan fingerprint density at radius 3 is 2.64 bits per heavy atom. The highest BCUT2D eigenvalue weighted by Crippen LogP contribution is 2.32. The molecular weight excluding hydrogens is 410 g/mol. The summed E-state index contributed by atoms with van der Waals surface area (Å²) in [4.78, 5) is 15.6.